The fraction of sp³-hybridized carbons (Fsp3) is 0.353. The molecule has 2 aromatic rings. The second-order valence-electron chi connectivity index (χ2n) is 5.75. The molecule has 0 saturated carbocycles. The zero-order valence-corrected chi connectivity index (χ0v) is 13.1. The lowest BCUT2D eigenvalue weighted by Gasteiger charge is -2.32. The summed E-state index contributed by atoms with van der Waals surface area (Å²) >= 11 is 0. The normalized spacial score (nSPS) is 19.2. The van der Waals surface area contributed by atoms with E-state index in [0.717, 1.165) is 19.4 Å². The maximum atomic E-state index is 12.7. The number of benzene rings is 1. The van der Waals surface area contributed by atoms with E-state index in [-0.39, 0.29) is 18.8 Å². The van der Waals surface area contributed by atoms with Crippen LogP contribution in [-0.2, 0) is 0 Å². The Labute approximate surface area is 139 Å². The Bertz CT molecular complexity index is 738. The summed E-state index contributed by atoms with van der Waals surface area (Å²) in [7, 11) is 0. The Kier molecular flexibility index (Phi) is 3.90. The highest BCUT2D eigenvalue weighted by Gasteiger charge is 2.27. The highest BCUT2D eigenvalue weighted by atomic mass is 16.7. The van der Waals surface area contributed by atoms with Crippen molar-refractivity contribution in [3.05, 3.63) is 42.4 Å². The van der Waals surface area contributed by atoms with Crippen molar-refractivity contribution in [3.8, 4) is 17.4 Å². The van der Waals surface area contributed by atoms with Crippen LogP contribution < -0.4 is 14.2 Å². The summed E-state index contributed by atoms with van der Waals surface area (Å²) in [4.78, 5) is 22.5. The van der Waals surface area contributed by atoms with Gasteiger partial charge < -0.3 is 19.1 Å². The number of aromatic nitrogens is 2. The lowest BCUT2D eigenvalue weighted by Crippen LogP contribution is -2.44. The van der Waals surface area contributed by atoms with Gasteiger partial charge in [-0.1, -0.05) is 0 Å². The number of hydrogen-bond donors (Lipinski definition) is 0. The van der Waals surface area contributed by atoms with Crippen molar-refractivity contribution in [1.82, 2.24) is 14.9 Å². The number of hydrogen-bond acceptors (Lipinski definition) is 6. The van der Waals surface area contributed by atoms with Crippen LogP contribution in [0.1, 0.15) is 23.2 Å². The van der Waals surface area contributed by atoms with Crippen molar-refractivity contribution >= 4 is 5.91 Å². The van der Waals surface area contributed by atoms with Gasteiger partial charge in [-0.2, -0.15) is 0 Å². The van der Waals surface area contributed by atoms with Crippen LogP contribution in [0.25, 0.3) is 0 Å². The summed E-state index contributed by atoms with van der Waals surface area (Å²) in [6.07, 6.45) is 4.82. The molecule has 1 fully saturated rings. The van der Waals surface area contributed by atoms with E-state index in [1.54, 1.807) is 30.5 Å². The molecule has 4 rings (SSSR count). The van der Waals surface area contributed by atoms with E-state index in [1.807, 2.05) is 4.90 Å². The minimum Gasteiger partial charge on any atom is -0.472 e. The number of nitrogens with zero attached hydrogens (tertiary/aromatic N) is 3. The summed E-state index contributed by atoms with van der Waals surface area (Å²) in [5, 5.41) is 0. The fourth-order valence-electron chi connectivity index (χ4n) is 2.95. The van der Waals surface area contributed by atoms with E-state index in [1.165, 1.54) is 6.33 Å². The third kappa shape index (κ3) is 2.97. The Morgan fingerprint density at radius 1 is 1.25 bits per heavy atom. The molecule has 3 heterocycles. The predicted octanol–water partition coefficient (Wildman–Crippen LogP) is 1.89. The van der Waals surface area contributed by atoms with Crippen molar-refractivity contribution in [2.45, 2.75) is 18.9 Å². The second-order valence-corrected chi connectivity index (χ2v) is 5.75. The molecule has 0 N–H and O–H groups in total. The van der Waals surface area contributed by atoms with Crippen molar-refractivity contribution < 1.29 is 19.0 Å². The number of fused-ring (bicyclic) bond motifs is 1. The number of ether oxygens (including phenoxy) is 3. The van der Waals surface area contributed by atoms with Crippen molar-refractivity contribution in [2.24, 2.45) is 0 Å². The minimum absolute atomic E-state index is 0.0238. The van der Waals surface area contributed by atoms with Gasteiger partial charge in [0.05, 0.1) is 6.54 Å². The SMILES string of the molecule is O=C(c1ccc2c(c1)OCO2)N1CCC[C@H](Oc2ccncn2)C1. The van der Waals surface area contributed by atoms with Gasteiger partial charge in [-0.15, -0.1) is 0 Å². The van der Waals surface area contributed by atoms with Crippen LogP contribution in [0.2, 0.25) is 0 Å². The average Bonchev–Trinajstić information content (AvgIpc) is 3.10. The zero-order chi connectivity index (χ0) is 16.4. The van der Waals surface area contributed by atoms with E-state index >= 15 is 0 Å². The van der Waals surface area contributed by atoms with Crippen LogP contribution in [-0.4, -0.2) is 46.8 Å². The predicted molar refractivity (Wildman–Crippen MR) is 84.2 cm³/mol. The molecular weight excluding hydrogens is 310 g/mol. The van der Waals surface area contributed by atoms with Crippen LogP contribution in [0, 0.1) is 0 Å². The van der Waals surface area contributed by atoms with Gasteiger partial charge in [0, 0.05) is 24.4 Å². The molecule has 124 valence electrons. The molecule has 0 aliphatic carbocycles. The smallest absolute Gasteiger partial charge is 0.254 e. The maximum Gasteiger partial charge on any atom is 0.254 e. The Hall–Kier alpha value is -2.83. The highest BCUT2D eigenvalue weighted by Crippen LogP contribution is 2.33. The molecule has 1 amide bonds. The molecule has 0 spiro atoms. The third-order valence-corrected chi connectivity index (χ3v) is 4.13. The molecule has 2 aliphatic rings. The van der Waals surface area contributed by atoms with E-state index in [0.29, 0.717) is 29.5 Å². The summed E-state index contributed by atoms with van der Waals surface area (Å²) < 4.78 is 16.5. The summed E-state index contributed by atoms with van der Waals surface area (Å²) in [6.45, 7) is 1.46. The molecule has 2 aliphatic heterocycles. The largest absolute Gasteiger partial charge is 0.472 e. The molecule has 7 heteroatoms. The number of carbonyl (C=O) groups excluding carboxylic acids is 1. The van der Waals surface area contributed by atoms with Gasteiger partial charge in [0.2, 0.25) is 12.7 Å². The monoisotopic (exact) mass is 327 g/mol. The lowest BCUT2D eigenvalue weighted by atomic mass is 10.1. The molecule has 0 radical (unpaired) electrons. The van der Waals surface area contributed by atoms with Gasteiger partial charge in [0.1, 0.15) is 12.4 Å². The maximum absolute atomic E-state index is 12.7. The molecule has 1 saturated heterocycles. The van der Waals surface area contributed by atoms with Crippen LogP contribution in [0.5, 0.6) is 17.4 Å². The number of amides is 1. The van der Waals surface area contributed by atoms with Crippen LogP contribution >= 0.6 is 0 Å². The van der Waals surface area contributed by atoms with E-state index in [9.17, 15) is 4.79 Å². The third-order valence-electron chi connectivity index (χ3n) is 4.13. The first-order valence-electron chi connectivity index (χ1n) is 7.91. The lowest BCUT2D eigenvalue weighted by molar-refractivity contribution is 0.0527. The number of rotatable bonds is 3. The zero-order valence-electron chi connectivity index (χ0n) is 13.1. The van der Waals surface area contributed by atoms with Crippen molar-refractivity contribution in [3.63, 3.8) is 0 Å². The first kappa shape index (κ1) is 14.7. The topological polar surface area (TPSA) is 73.8 Å². The first-order valence-corrected chi connectivity index (χ1v) is 7.91. The molecule has 7 nitrogen and oxygen atoms in total. The standard InChI is InChI=1S/C17H17N3O4/c21-17(12-3-4-14-15(8-12)23-11-22-14)20-7-1-2-13(9-20)24-16-5-6-18-10-19-16/h3-6,8,10,13H,1-2,7,9,11H2/t13-/m0/s1. The molecule has 1 atom stereocenters. The number of carbonyl (C=O) groups is 1. The summed E-state index contributed by atoms with van der Waals surface area (Å²) in [5.41, 5.74) is 0.599. The van der Waals surface area contributed by atoms with Crippen LogP contribution in [0.15, 0.2) is 36.8 Å². The molecule has 0 bridgehead atoms. The Balaban J connectivity index is 1.44. The first-order chi connectivity index (χ1) is 11.8. The van der Waals surface area contributed by atoms with Gasteiger partial charge in [0.15, 0.2) is 11.5 Å². The van der Waals surface area contributed by atoms with Gasteiger partial charge >= 0.3 is 0 Å². The quantitative estimate of drug-likeness (QED) is 0.857. The van der Waals surface area contributed by atoms with Gasteiger partial charge in [-0.25, -0.2) is 9.97 Å². The number of likely N-dealkylation sites (tertiary alicyclic amines) is 1. The van der Waals surface area contributed by atoms with Crippen LogP contribution in [0.3, 0.4) is 0 Å². The van der Waals surface area contributed by atoms with E-state index in [4.69, 9.17) is 14.2 Å². The number of piperidine rings is 1. The van der Waals surface area contributed by atoms with Gasteiger partial charge in [-0.3, -0.25) is 4.79 Å². The van der Waals surface area contributed by atoms with Gasteiger partial charge in [0.25, 0.3) is 5.91 Å². The second kappa shape index (κ2) is 6.35. The van der Waals surface area contributed by atoms with Crippen LogP contribution in [0.4, 0.5) is 0 Å². The molecule has 0 unspecified atom stereocenters. The van der Waals surface area contributed by atoms with Crippen molar-refractivity contribution in [2.75, 3.05) is 19.9 Å². The van der Waals surface area contributed by atoms with E-state index < -0.39 is 0 Å². The Morgan fingerprint density at radius 3 is 3.04 bits per heavy atom. The Morgan fingerprint density at radius 2 is 2.17 bits per heavy atom. The summed E-state index contributed by atoms with van der Waals surface area (Å²) in [6, 6.07) is 7.00. The molecule has 24 heavy (non-hydrogen) atoms. The van der Waals surface area contributed by atoms with E-state index in [2.05, 4.69) is 9.97 Å². The molecular formula is C17H17N3O4. The minimum atomic E-state index is -0.0633. The highest BCUT2D eigenvalue weighted by molar-refractivity contribution is 5.95. The van der Waals surface area contributed by atoms with Gasteiger partial charge in [-0.05, 0) is 31.0 Å². The van der Waals surface area contributed by atoms with Crippen molar-refractivity contribution in [1.29, 1.82) is 0 Å². The molecule has 1 aromatic heterocycles. The fourth-order valence-corrected chi connectivity index (χ4v) is 2.95. The molecule has 1 aromatic carbocycles. The average molecular weight is 327 g/mol. The summed E-state index contributed by atoms with van der Waals surface area (Å²) in [5.74, 6) is 1.80.